The number of aryl methyl sites for hydroxylation is 1. The smallest absolute Gasteiger partial charge is 0.374 e. The second-order valence-electron chi connectivity index (χ2n) is 4.22. The molecule has 18 heavy (non-hydrogen) atoms. The van der Waals surface area contributed by atoms with Gasteiger partial charge in [0.2, 0.25) is 15.8 Å². The zero-order valence-electron chi connectivity index (χ0n) is 10.3. The lowest BCUT2D eigenvalue weighted by molar-refractivity contribution is 0.0561. The number of esters is 1. The van der Waals surface area contributed by atoms with Crippen molar-refractivity contribution in [2.24, 2.45) is 0 Å². The summed E-state index contributed by atoms with van der Waals surface area (Å²) in [6.07, 6.45) is 0.631. The van der Waals surface area contributed by atoms with Crippen molar-refractivity contribution in [3.63, 3.8) is 0 Å². The fourth-order valence-electron chi connectivity index (χ4n) is 1.96. The predicted octanol–water partition coefficient (Wildman–Crippen LogP) is 0.910. The molecule has 1 aromatic rings. The van der Waals surface area contributed by atoms with E-state index < -0.39 is 16.0 Å². The van der Waals surface area contributed by atoms with E-state index in [1.165, 1.54) is 11.4 Å². The summed E-state index contributed by atoms with van der Waals surface area (Å²) < 4.78 is 34.6. The van der Waals surface area contributed by atoms with E-state index in [9.17, 15) is 13.2 Å². The normalized spacial score (nSPS) is 19.0. The molecule has 1 aliphatic rings. The molecule has 0 amide bonds. The number of methoxy groups -OCH3 is 1. The summed E-state index contributed by atoms with van der Waals surface area (Å²) in [5.41, 5.74) is 0.647. The van der Waals surface area contributed by atoms with Crippen LogP contribution in [0.2, 0.25) is 0 Å². The molecule has 0 saturated carbocycles. The van der Waals surface area contributed by atoms with Crippen molar-refractivity contribution in [3.05, 3.63) is 23.2 Å². The molecule has 0 aliphatic carbocycles. The van der Waals surface area contributed by atoms with Gasteiger partial charge < -0.3 is 9.15 Å². The van der Waals surface area contributed by atoms with Crippen molar-refractivity contribution in [3.8, 4) is 0 Å². The third-order valence-corrected chi connectivity index (χ3v) is 4.78. The summed E-state index contributed by atoms with van der Waals surface area (Å²) in [7, 11) is -1.88. The Bertz CT molecular complexity index is 560. The first-order chi connectivity index (χ1) is 8.44. The lowest BCUT2D eigenvalue weighted by Gasteiger charge is -2.11. The zero-order valence-corrected chi connectivity index (χ0v) is 11.1. The van der Waals surface area contributed by atoms with Crippen molar-refractivity contribution in [1.82, 2.24) is 4.31 Å². The maximum Gasteiger partial charge on any atom is 0.374 e. The predicted molar refractivity (Wildman–Crippen MR) is 63.6 cm³/mol. The molecule has 1 saturated heterocycles. The highest BCUT2D eigenvalue weighted by atomic mass is 32.2. The van der Waals surface area contributed by atoms with Gasteiger partial charge in [-0.15, -0.1) is 0 Å². The van der Waals surface area contributed by atoms with Crippen LogP contribution < -0.4 is 0 Å². The van der Waals surface area contributed by atoms with E-state index in [4.69, 9.17) is 4.42 Å². The van der Waals surface area contributed by atoms with Crippen molar-refractivity contribution in [1.29, 1.82) is 0 Å². The molecular formula is C11H15NO5S. The van der Waals surface area contributed by atoms with Crippen LogP contribution in [-0.4, -0.2) is 38.1 Å². The first kappa shape index (κ1) is 13.1. The van der Waals surface area contributed by atoms with Gasteiger partial charge in [-0.05, 0) is 19.4 Å². The number of sulfonamides is 1. The van der Waals surface area contributed by atoms with Gasteiger partial charge in [-0.1, -0.05) is 0 Å². The van der Waals surface area contributed by atoms with Crippen LogP contribution in [0.4, 0.5) is 0 Å². The Morgan fingerprint density at radius 3 is 2.83 bits per heavy atom. The summed E-state index contributed by atoms with van der Waals surface area (Å²) in [5.74, 6) is 0.210. The third kappa shape index (κ3) is 2.41. The van der Waals surface area contributed by atoms with E-state index in [0.29, 0.717) is 24.3 Å². The molecule has 0 N–H and O–H groups in total. The monoisotopic (exact) mass is 273 g/mol. The minimum absolute atomic E-state index is 0.129. The van der Waals surface area contributed by atoms with Gasteiger partial charge in [-0.25, -0.2) is 13.2 Å². The highest BCUT2D eigenvalue weighted by Gasteiger charge is 2.29. The number of rotatable bonds is 3. The fraction of sp³-hybridized carbons (Fsp3) is 0.545. The molecule has 0 atom stereocenters. The molecule has 7 heteroatoms. The first-order valence-corrected chi connectivity index (χ1v) is 7.20. The standard InChI is InChI=1S/C11H15NO5S/c1-8-6-9(17-10(8)11(13)16-2)7-12-4-3-5-18(12,14)15/h6H,3-5,7H2,1-2H3. The largest absolute Gasteiger partial charge is 0.463 e. The molecule has 0 bridgehead atoms. The number of ether oxygens (including phenoxy) is 1. The zero-order chi connectivity index (χ0) is 13.3. The summed E-state index contributed by atoms with van der Waals surface area (Å²) in [6, 6.07) is 1.67. The van der Waals surface area contributed by atoms with E-state index in [1.54, 1.807) is 13.0 Å². The molecular weight excluding hydrogens is 258 g/mol. The van der Waals surface area contributed by atoms with Crippen LogP contribution in [0.3, 0.4) is 0 Å². The summed E-state index contributed by atoms with van der Waals surface area (Å²) in [6.45, 7) is 2.38. The summed E-state index contributed by atoms with van der Waals surface area (Å²) in [4.78, 5) is 11.4. The van der Waals surface area contributed by atoms with Gasteiger partial charge in [0.25, 0.3) is 0 Å². The summed E-state index contributed by atoms with van der Waals surface area (Å²) >= 11 is 0. The number of carbonyl (C=O) groups is 1. The Labute approximate surface area is 106 Å². The van der Waals surface area contributed by atoms with E-state index in [1.807, 2.05) is 0 Å². The van der Waals surface area contributed by atoms with Crippen molar-refractivity contribution in [2.45, 2.75) is 19.9 Å². The minimum Gasteiger partial charge on any atom is -0.463 e. The Hall–Kier alpha value is -1.34. The third-order valence-electron chi connectivity index (χ3n) is 2.87. The molecule has 2 rings (SSSR count). The Morgan fingerprint density at radius 1 is 1.56 bits per heavy atom. The first-order valence-electron chi connectivity index (χ1n) is 5.59. The Kier molecular flexibility index (Phi) is 3.45. The highest BCUT2D eigenvalue weighted by Crippen LogP contribution is 2.21. The number of hydrogen-bond acceptors (Lipinski definition) is 5. The van der Waals surface area contributed by atoms with E-state index in [0.717, 1.165) is 0 Å². The summed E-state index contributed by atoms with van der Waals surface area (Å²) in [5, 5.41) is 0. The topological polar surface area (TPSA) is 76.8 Å². The molecule has 0 aromatic carbocycles. The molecule has 0 spiro atoms. The lowest BCUT2D eigenvalue weighted by atomic mass is 10.2. The Balaban J connectivity index is 2.18. The maximum atomic E-state index is 11.6. The fourth-order valence-corrected chi connectivity index (χ4v) is 3.45. The van der Waals surface area contributed by atoms with Crippen LogP contribution in [0.5, 0.6) is 0 Å². The van der Waals surface area contributed by atoms with Gasteiger partial charge in [0.1, 0.15) is 5.76 Å². The molecule has 2 heterocycles. The average Bonchev–Trinajstić information content (AvgIpc) is 2.82. The van der Waals surface area contributed by atoms with Crippen LogP contribution in [-0.2, 0) is 21.3 Å². The van der Waals surface area contributed by atoms with Crippen LogP contribution in [0, 0.1) is 6.92 Å². The van der Waals surface area contributed by atoms with Gasteiger partial charge >= 0.3 is 5.97 Å². The average molecular weight is 273 g/mol. The highest BCUT2D eigenvalue weighted by molar-refractivity contribution is 7.89. The molecule has 0 unspecified atom stereocenters. The number of nitrogens with zero attached hydrogens (tertiary/aromatic N) is 1. The number of furan rings is 1. The van der Waals surface area contributed by atoms with Gasteiger partial charge in [0.15, 0.2) is 0 Å². The van der Waals surface area contributed by atoms with Crippen molar-refractivity contribution >= 4 is 16.0 Å². The molecule has 100 valence electrons. The molecule has 1 fully saturated rings. The van der Waals surface area contributed by atoms with Gasteiger partial charge in [0, 0.05) is 12.1 Å². The molecule has 1 aliphatic heterocycles. The van der Waals surface area contributed by atoms with Crippen LogP contribution in [0.15, 0.2) is 10.5 Å². The van der Waals surface area contributed by atoms with Crippen molar-refractivity contribution in [2.75, 3.05) is 19.4 Å². The Morgan fingerprint density at radius 2 is 2.28 bits per heavy atom. The van der Waals surface area contributed by atoms with Crippen LogP contribution in [0.25, 0.3) is 0 Å². The van der Waals surface area contributed by atoms with E-state index >= 15 is 0 Å². The quantitative estimate of drug-likeness (QED) is 0.765. The van der Waals surface area contributed by atoms with Gasteiger partial charge in [-0.2, -0.15) is 4.31 Å². The SMILES string of the molecule is COC(=O)c1oc(CN2CCCS2(=O)=O)cc1C. The van der Waals surface area contributed by atoms with Crippen LogP contribution >= 0.6 is 0 Å². The second-order valence-corrected chi connectivity index (χ2v) is 6.31. The van der Waals surface area contributed by atoms with E-state index in [-0.39, 0.29) is 18.1 Å². The minimum atomic E-state index is -3.16. The van der Waals surface area contributed by atoms with Crippen LogP contribution in [0.1, 0.15) is 28.3 Å². The van der Waals surface area contributed by atoms with Gasteiger partial charge in [0.05, 0.1) is 19.4 Å². The number of hydrogen-bond donors (Lipinski definition) is 0. The molecule has 6 nitrogen and oxygen atoms in total. The molecule has 1 aromatic heterocycles. The lowest BCUT2D eigenvalue weighted by Crippen LogP contribution is -2.24. The maximum absolute atomic E-state index is 11.6. The van der Waals surface area contributed by atoms with Gasteiger partial charge in [-0.3, -0.25) is 0 Å². The number of carbonyl (C=O) groups excluding carboxylic acids is 1. The second kappa shape index (κ2) is 4.74. The van der Waals surface area contributed by atoms with E-state index in [2.05, 4.69) is 4.74 Å². The molecule has 0 radical (unpaired) electrons. The van der Waals surface area contributed by atoms with Crippen molar-refractivity contribution < 1.29 is 22.4 Å².